The molecular formula is C64H50N2O2. The standard InChI is InChI=1S/C44H32O2.C18H12.C2H6N2/c1-4-14-30(15-5-1)28-31-16-12-17-32(29-31)35-23-13-25-39-42(35)45-40-27-26-38-41(43(40)46-39)36-22-10-11-24-37(36)44(38,33-18-6-2-7-19-33)34-20-8-3-9-21-34;1-2-8-14-13(7-1)15-9-3-4-11-17(15)18-12-6-5-10-16(14)18;1-2(3)4/h1-20,22-27,29,34H,21,28H2;1-12H;1H3,(H3,3,4). The van der Waals surface area contributed by atoms with Crippen LogP contribution in [0.1, 0.15) is 41.2 Å². The Kier molecular flexibility index (Phi) is 11.2. The predicted molar refractivity (Wildman–Crippen MR) is 282 cm³/mol. The molecule has 0 spiro atoms. The first-order chi connectivity index (χ1) is 33.5. The van der Waals surface area contributed by atoms with Crippen molar-refractivity contribution in [2.45, 2.75) is 25.2 Å². The van der Waals surface area contributed by atoms with Crippen molar-refractivity contribution in [2.24, 2.45) is 11.7 Å². The Hall–Kier alpha value is -8.47. The van der Waals surface area contributed by atoms with Crippen molar-refractivity contribution in [1.29, 1.82) is 5.41 Å². The van der Waals surface area contributed by atoms with Crippen LogP contribution in [0.15, 0.2) is 237 Å². The van der Waals surface area contributed by atoms with Crippen LogP contribution in [0.2, 0.25) is 0 Å². The summed E-state index contributed by atoms with van der Waals surface area (Å²) >= 11 is 0. The molecular weight excluding hydrogens is 829 g/mol. The van der Waals surface area contributed by atoms with Gasteiger partial charge in [-0.15, -0.1) is 0 Å². The fraction of sp³-hybridized carbons (Fsp3) is 0.0781. The molecule has 3 N–H and O–H groups in total. The van der Waals surface area contributed by atoms with Crippen LogP contribution in [0.5, 0.6) is 23.0 Å². The Morgan fingerprint density at radius 3 is 1.65 bits per heavy atom. The monoisotopic (exact) mass is 878 g/mol. The van der Waals surface area contributed by atoms with Gasteiger partial charge in [-0.2, -0.15) is 0 Å². The Morgan fingerprint density at radius 2 is 1.03 bits per heavy atom. The Balaban J connectivity index is 0.000000190. The third-order valence-corrected chi connectivity index (χ3v) is 13.5. The zero-order valence-corrected chi connectivity index (χ0v) is 37.9. The van der Waals surface area contributed by atoms with Gasteiger partial charge in [0.1, 0.15) is 0 Å². The van der Waals surface area contributed by atoms with Crippen molar-refractivity contribution < 1.29 is 9.47 Å². The molecule has 0 saturated heterocycles. The number of amidine groups is 1. The number of hydrogen-bond acceptors (Lipinski definition) is 3. The molecule has 0 bridgehead atoms. The van der Waals surface area contributed by atoms with Gasteiger partial charge in [-0.3, -0.25) is 5.41 Å². The summed E-state index contributed by atoms with van der Waals surface area (Å²) in [6.45, 7) is 1.53. The lowest BCUT2D eigenvalue weighted by molar-refractivity contribution is 0.361. The first-order valence-corrected chi connectivity index (χ1v) is 23.4. The number of allylic oxidation sites excluding steroid dienone is 4. The number of nitrogens with one attached hydrogen (secondary N) is 1. The molecule has 4 heteroatoms. The number of hydrogen-bond donors (Lipinski definition) is 2. The second-order valence-corrected chi connectivity index (χ2v) is 17.7. The number of para-hydroxylation sites is 1. The van der Waals surface area contributed by atoms with E-state index in [0.717, 1.165) is 52.5 Å². The van der Waals surface area contributed by atoms with E-state index in [-0.39, 0.29) is 17.2 Å². The molecule has 0 saturated carbocycles. The molecule has 13 rings (SSSR count). The lowest BCUT2D eigenvalue weighted by Crippen LogP contribution is -2.35. The van der Waals surface area contributed by atoms with Gasteiger partial charge in [0, 0.05) is 11.1 Å². The molecule has 0 amide bonds. The maximum Gasteiger partial charge on any atom is 0.178 e. The van der Waals surface area contributed by atoms with Gasteiger partial charge in [-0.1, -0.05) is 224 Å². The van der Waals surface area contributed by atoms with Crippen molar-refractivity contribution in [3.63, 3.8) is 0 Å². The minimum absolute atomic E-state index is 0.167. The van der Waals surface area contributed by atoms with Gasteiger partial charge in [0.05, 0.1) is 11.3 Å². The van der Waals surface area contributed by atoms with Crippen LogP contribution in [0.3, 0.4) is 0 Å². The number of benzene rings is 10. The van der Waals surface area contributed by atoms with E-state index in [9.17, 15) is 0 Å². The first-order valence-electron chi connectivity index (χ1n) is 23.4. The molecule has 10 aromatic rings. The van der Waals surface area contributed by atoms with Gasteiger partial charge in [0.25, 0.3) is 0 Å². The van der Waals surface area contributed by atoms with Crippen LogP contribution < -0.4 is 15.2 Å². The molecule has 0 radical (unpaired) electrons. The smallest absolute Gasteiger partial charge is 0.178 e. The molecule has 2 atom stereocenters. The van der Waals surface area contributed by atoms with E-state index in [2.05, 4.69) is 231 Å². The lowest BCUT2D eigenvalue weighted by atomic mass is 9.62. The molecule has 1 aliphatic heterocycles. The van der Waals surface area contributed by atoms with Crippen LogP contribution >= 0.6 is 0 Å². The second-order valence-electron chi connectivity index (χ2n) is 17.7. The quantitative estimate of drug-likeness (QED) is 0.103. The number of ether oxygens (including phenoxy) is 2. The van der Waals surface area contributed by atoms with E-state index in [1.807, 2.05) is 6.07 Å². The zero-order valence-electron chi connectivity index (χ0n) is 37.9. The Bertz CT molecular complexity index is 3350. The van der Waals surface area contributed by atoms with E-state index in [1.165, 1.54) is 72.6 Å². The maximum absolute atomic E-state index is 6.92. The van der Waals surface area contributed by atoms with E-state index in [1.54, 1.807) is 0 Å². The van der Waals surface area contributed by atoms with E-state index in [0.29, 0.717) is 0 Å². The summed E-state index contributed by atoms with van der Waals surface area (Å²) in [6, 6.07) is 75.8. The maximum atomic E-state index is 6.92. The van der Waals surface area contributed by atoms with Crippen LogP contribution in [-0.2, 0) is 11.8 Å². The van der Waals surface area contributed by atoms with Gasteiger partial charge in [0.15, 0.2) is 23.0 Å². The van der Waals surface area contributed by atoms with Crippen molar-refractivity contribution in [2.75, 3.05) is 0 Å². The predicted octanol–water partition coefficient (Wildman–Crippen LogP) is 16.4. The summed E-state index contributed by atoms with van der Waals surface area (Å²) in [5.41, 5.74) is 15.2. The normalized spacial score (nSPS) is 15.9. The van der Waals surface area contributed by atoms with Crippen molar-refractivity contribution in [1.82, 2.24) is 0 Å². The van der Waals surface area contributed by atoms with Crippen LogP contribution in [0.4, 0.5) is 0 Å². The molecule has 1 heterocycles. The number of fused-ring (bicyclic) bond motifs is 12. The van der Waals surface area contributed by atoms with Crippen molar-refractivity contribution in [3.8, 4) is 45.3 Å². The molecule has 2 aliphatic carbocycles. The SMILES string of the molecule is C1=CCC(C2(c3ccccc3)c3ccccc3-c3c2ccc2c3Oc3cccc(-c4cccc(Cc5ccccc5)c4)c3O2)C=C1.CC(=N)N.c1ccc2c(c1)c1ccccc1c1ccccc21. The van der Waals surface area contributed by atoms with Gasteiger partial charge in [-0.05, 0) is 109 Å². The Labute approximate surface area is 397 Å². The average Bonchev–Trinajstić information content (AvgIpc) is 3.70. The summed E-state index contributed by atoms with van der Waals surface area (Å²) in [5.74, 6) is 3.46. The molecule has 10 aromatic carbocycles. The molecule has 3 aliphatic rings. The summed E-state index contributed by atoms with van der Waals surface area (Å²) in [6.07, 6.45) is 10.9. The molecule has 4 nitrogen and oxygen atoms in total. The molecule has 328 valence electrons. The fourth-order valence-electron chi connectivity index (χ4n) is 10.7. The third-order valence-electron chi connectivity index (χ3n) is 13.5. The zero-order chi connectivity index (χ0) is 46.0. The molecule has 2 unspecified atom stereocenters. The highest BCUT2D eigenvalue weighted by Gasteiger charge is 2.51. The summed E-state index contributed by atoms with van der Waals surface area (Å²) in [7, 11) is 0. The summed E-state index contributed by atoms with van der Waals surface area (Å²) in [4.78, 5) is 0. The van der Waals surface area contributed by atoms with Gasteiger partial charge in [-0.25, -0.2) is 0 Å². The van der Waals surface area contributed by atoms with Gasteiger partial charge in [0.2, 0.25) is 0 Å². The van der Waals surface area contributed by atoms with Gasteiger partial charge < -0.3 is 15.2 Å². The largest absolute Gasteiger partial charge is 0.449 e. The average molecular weight is 879 g/mol. The number of rotatable bonds is 5. The topological polar surface area (TPSA) is 68.3 Å². The van der Waals surface area contributed by atoms with Gasteiger partial charge >= 0.3 is 0 Å². The van der Waals surface area contributed by atoms with Crippen molar-refractivity contribution in [3.05, 3.63) is 264 Å². The number of nitrogens with two attached hydrogens (primary N) is 1. The second kappa shape index (κ2) is 18.1. The highest BCUT2D eigenvalue weighted by molar-refractivity contribution is 6.25. The highest BCUT2D eigenvalue weighted by Crippen LogP contribution is 2.63. The van der Waals surface area contributed by atoms with Crippen LogP contribution in [-0.4, -0.2) is 5.84 Å². The minimum Gasteiger partial charge on any atom is -0.449 e. The van der Waals surface area contributed by atoms with Crippen LogP contribution in [0, 0.1) is 11.3 Å². The first kappa shape index (κ1) is 42.2. The Morgan fingerprint density at radius 1 is 0.515 bits per heavy atom. The fourth-order valence-corrected chi connectivity index (χ4v) is 10.7. The van der Waals surface area contributed by atoms with E-state index < -0.39 is 0 Å². The van der Waals surface area contributed by atoms with Crippen molar-refractivity contribution >= 4 is 38.2 Å². The summed E-state index contributed by atoms with van der Waals surface area (Å²) in [5, 5.41) is 14.3. The molecule has 0 aromatic heterocycles. The van der Waals surface area contributed by atoms with E-state index in [4.69, 9.17) is 20.6 Å². The van der Waals surface area contributed by atoms with E-state index >= 15 is 0 Å². The summed E-state index contributed by atoms with van der Waals surface area (Å²) < 4.78 is 13.8. The highest BCUT2D eigenvalue weighted by atomic mass is 16.6. The third kappa shape index (κ3) is 7.50. The molecule has 68 heavy (non-hydrogen) atoms. The molecule has 0 fully saturated rings. The van der Waals surface area contributed by atoms with Crippen LogP contribution in [0.25, 0.3) is 54.6 Å². The minimum atomic E-state index is -0.353. The lowest BCUT2D eigenvalue weighted by Gasteiger charge is -2.39.